The van der Waals surface area contributed by atoms with Gasteiger partial charge in [-0.25, -0.2) is 4.98 Å². The molecule has 0 radical (unpaired) electrons. The molecule has 6 nitrogen and oxygen atoms in total. The molecule has 1 N–H and O–H groups in total. The minimum atomic E-state index is -0.403. The molecule has 1 aromatic heterocycles. The molecule has 1 aliphatic rings. The molecule has 0 atom stereocenters. The number of carbonyl (C=O) groups is 2. The standard InChI is InChI=1S/C19H20ClN3O3/c1-26-17-9-8-13(12-14(17)20)21-18(24)15-6-5-7-16(22-15)19(25)23-10-3-2-4-11-23/h5-9,12H,2-4,10-11H2,1H3,(H,21,24). The predicted octanol–water partition coefficient (Wildman–Crippen LogP) is 3.62. The van der Waals surface area contributed by atoms with Gasteiger partial charge >= 0.3 is 0 Å². The topological polar surface area (TPSA) is 71.5 Å². The highest BCUT2D eigenvalue weighted by Crippen LogP contribution is 2.27. The van der Waals surface area contributed by atoms with E-state index in [2.05, 4.69) is 10.3 Å². The maximum atomic E-state index is 12.5. The Balaban J connectivity index is 1.73. The van der Waals surface area contributed by atoms with Crippen molar-refractivity contribution in [3.63, 3.8) is 0 Å². The number of methoxy groups -OCH3 is 1. The molecule has 2 heterocycles. The quantitative estimate of drug-likeness (QED) is 0.888. The van der Waals surface area contributed by atoms with Crippen LogP contribution in [-0.2, 0) is 0 Å². The van der Waals surface area contributed by atoms with Crippen LogP contribution in [0.5, 0.6) is 5.75 Å². The molecule has 26 heavy (non-hydrogen) atoms. The van der Waals surface area contributed by atoms with Gasteiger partial charge in [-0.2, -0.15) is 0 Å². The Kier molecular flexibility index (Phi) is 5.73. The highest BCUT2D eigenvalue weighted by Gasteiger charge is 2.20. The van der Waals surface area contributed by atoms with Gasteiger partial charge in [-0.1, -0.05) is 17.7 Å². The fraction of sp³-hybridized carbons (Fsp3) is 0.316. The Labute approximate surface area is 157 Å². The molecule has 136 valence electrons. The molecule has 1 aliphatic heterocycles. The molecular weight excluding hydrogens is 354 g/mol. The van der Waals surface area contributed by atoms with Crippen molar-refractivity contribution >= 4 is 29.1 Å². The maximum absolute atomic E-state index is 12.5. The van der Waals surface area contributed by atoms with Crippen LogP contribution in [0.25, 0.3) is 0 Å². The summed E-state index contributed by atoms with van der Waals surface area (Å²) >= 11 is 6.07. The summed E-state index contributed by atoms with van der Waals surface area (Å²) in [6.45, 7) is 1.47. The van der Waals surface area contributed by atoms with Crippen LogP contribution in [-0.4, -0.2) is 41.9 Å². The van der Waals surface area contributed by atoms with Crippen LogP contribution in [0.4, 0.5) is 5.69 Å². The van der Waals surface area contributed by atoms with Crippen molar-refractivity contribution in [1.29, 1.82) is 0 Å². The molecule has 0 aliphatic carbocycles. The van der Waals surface area contributed by atoms with Gasteiger partial charge < -0.3 is 15.0 Å². The van der Waals surface area contributed by atoms with Crippen LogP contribution in [0.15, 0.2) is 36.4 Å². The van der Waals surface area contributed by atoms with Gasteiger partial charge in [0.2, 0.25) is 0 Å². The summed E-state index contributed by atoms with van der Waals surface area (Å²) < 4.78 is 5.09. The van der Waals surface area contributed by atoms with Crippen LogP contribution < -0.4 is 10.1 Å². The SMILES string of the molecule is COc1ccc(NC(=O)c2cccc(C(=O)N3CCCCC3)n2)cc1Cl. The number of piperidine rings is 1. The number of hydrogen-bond donors (Lipinski definition) is 1. The normalized spacial score (nSPS) is 14.0. The molecule has 0 spiro atoms. The van der Waals surface area contributed by atoms with Crippen molar-refractivity contribution in [3.05, 3.63) is 52.8 Å². The molecule has 1 fully saturated rings. The summed E-state index contributed by atoms with van der Waals surface area (Å²) in [5.74, 6) is -0.0108. The lowest BCUT2D eigenvalue weighted by atomic mass is 10.1. The van der Waals surface area contributed by atoms with Gasteiger partial charge in [0.05, 0.1) is 12.1 Å². The van der Waals surface area contributed by atoms with E-state index in [9.17, 15) is 9.59 Å². The van der Waals surface area contributed by atoms with Gasteiger partial charge in [0, 0.05) is 18.8 Å². The number of rotatable bonds is 4. The fourth-order valence-electron chi connectivity index (χ4n) is 2.88. The van der Waals surface area contributed by atoms with E-state index in [1.54, 1.807) is 41.3 Å². The first-order valence-corrected chi connectivity index (χ1v) is 8.87. The average Bonchev–Trinajstić information content (AvgIpc) is 2.68. The number of aromatic nitrogens is 1. The summed E-state index contributed by atoms with van der Waals surface area (Å²) in [6.07, 6.45) is 3.15. The minimum absolute atomic E-state index is 0.133. The zero-order chi connectivity index (χ0) is 18.5. The number of benzene rings is 1. The van der Waals surface area contributed by atoms with Crippen LogP contribution in [0.3, 0.4) is 0 Å². The predicted molar refractivity (Wildman–Crippen MR) is 99.9 cm³/mol. The smallest absolute Gasteiger partial charge is 0.274 e. The number of nitrogens with zero attached hydrogens (tertiary/aromatic N) is 2. The third kappa shape index (κ3) is 4.14. The highest BCUT2D eigenvalue weighted by atomic mass is 35.5. The van der Waals surface area contributed by atoms with E-state index in [1.165, 1.54) is 7.11 Å². The van der Waals surface area contributed by atoms with E-state index in [0.717, 1.165) is 32.4 Å². The third-order valence-electron chi connectivity index (χ3n) is 4.25. The Bertz CT molecular complexity index is 819. The monoisotopic (exact) mass is 373 g/mol. The Morgan fingerprint density at radius 2 is 1.85 bits per heavy atom. The van der Waals surface area contributed by atoms with Crippen molar-refractivity contribution < 1.29 is 14.3 Å². The number of hydrogen-bond acceptors (Lipinski definition) is 4. The van der Waals surface area contributed by atoms with Crippen molar-refractivity contribution in [2.24, 2.45) is 0 Å². The third-order valence-corrected chi connectivity index (χ3v) is 4.55. The second-order valence-corrected chi connectivity index (χ2v) is 6.47. The van der Waals surface area contributed by atoms with Gasteiger partial charge in [0.15, 0.2) is 0 Å². The number of likely N-dealkylation sites (tertiary alicyclic amines) is 1. The molecule has 1 aromatic carbocycles. The highest BCUT2D eigenvalue weighted by molar-refractivity contribution is 6.32. The number of nitrogens with one attached hydrogen (secondary N) is 1. The molecule has 0 unspecified atom stereocenters. The summed E-state index contributed by atoms with van der Waals surface area (Å²) in [4.78, 5) is 31.0. The minimum Gasteiger partial charge on any atom is -0.495 e. The van der Waals surface area contributed by atoms with Gasteiger partial charge in [0.25, 0.3) is 11.8 Å². The van der Waals surface area contributed by atoms with Gasteiger partial charge in [0.1, 0.15) is 17.1 Å². The number of pyridine rings is 1. The van der Waals surface area contributed by atoms with Crippen molar-refractivity contribution in [2.75, 3.05) is 25.5 Å². The Morgan fingerprint density at radius 1 is 1.12 bits per heavy atom. The lowest BCUT2D eigenvalue weighted by Gasteiger charge is -2.26. The first kappa shape index (κ1) is 18.2. The first-order valence-electron chi connectivity index (χ1n) is 8.49. The van der Waals surface area contributed by atoms with Gasteiger partial charge in [-0.15, -0.1) is 0 Å². The molecule has 3 rings (SSSR count). The molecular formula is C19H20ClN3O3. The number of carbonyl (C=O) groups excluding carboxylic acids is 2. The van der Waals surface area contributed by atoms with Crippen LogP contribution in [0, 0.1) is 0 Å². The average molecular weight is 374 g/mol. The summed E-state index contributed by atoms with van der Waals surface area (Å²) in [5.41, 5.74) is 0.988. The number of anilines is 1. The van der Waals surface area contributed by atoms with Crippen LogP contribution in [0.1, 0.15) is 40.2 Å². The van der Waals surface area contributed by atoms with E-state index in [0.29, 0.717) is 16.5 Å². The van der Waals surface area contributed by atoms with Gasteiger partial charge in [-0.05, 0) is 49.6 Å². The molecule has 0 bridgehead atoms. The molecule has 0 saturated carbocycles. The Morgan fingerprint density at radius 3 is 2.54 bits per heavy atom. The lowest BCUT2D eigenvalue weighted by Crippen LogP contribution is -2.36. The van der Waals surface area contributed by atoms with Gasteiger partial charge in [-0.3, -0.25) is 9.59 Å². The van der Waals surface area contributed by atoms with E-state index >= 15 is 0 Å². The van der Waals surface area contributed by atoms with Crippen molar-refractivity contribution in [3.8, 4) is 5.75 Å². The Hall–Kier alpha value is -2.60. The van der Waals surface area contributed by atoms with E-state index in [1.807, 2.05) is 0 Å². The summed E-state index contributed by atoms with van der Waals surface area (Å²) in [6, 6.07) is 9.83. The number of halogens is 1. The molecule has 7 heteroatoms. The van der Waals surface area contributed by atoms with Crippen LogP contribution >= 0.6 is 11.6 Å². The largest absolute Gasteiger partial charge is 0.495 e. The zero-order valence-electron chi connectivity index (χ0n) is 14.5. The maximum Gasteiger partial charge on any atom is 0.274 e. The summed E-state index contributed by atoms with van der Waals surface area (Å²) in [7, 11) is 1.52. The zero-order valence-corrected chi connectivity index (χ0v) is 15.3. The molecule has 1 saturated heterocycles. The van der Waals surface area contributed by atoms with E-state index in [-0.39, 0.29) is 17.3 Å². The number of amides is 2. The second-order valence-electron chi connectivity index (χ2n) is 6.06. The lowest BCUT2D eigenvalue weighted by molar-refractivity contribution is 0.0718. The summed E-state index contributed by atoms with van der Waals surface area (Å²) in [5, 5.41) is 3.13. The number of ether oxygens (including phenoxy) is 1. The van der Waals surface area contributed by atoms with Crippen LogP contribution in [0.2, 0.25) is 5.02 Å². The molecule has 2 amide bonds. The van der Waals surface area contributed by atoms with E-state index in [4.69, 9.17) is 16.3 Å². The molecule has 2 aromatic rings. The van der Waals surface area contributed by atoms with Crippen molar-refractivity contribution in [1.82, 2.24) is 9.88 Å². The second kappa shape index (κ2) is 8.19. The van der Waals surface area contributed by atoms with E-state index < -0.39 is 5.91 Å². The fourth-order valence-corrected chi connectivity index (χ4v) is 3.14. The van der Waals surface area contributed by atoms with Crippen molar-refractivity contribution in [2.45, 2.75) is 19.3 Å². The first-order chi connectivity index (χ1) is 12.6.